The van der Waals surface area contributed by atoms with Crippen LogP contribution in [0.5, 0.6) is 0 Å². The van der Waals surface area contributed by atoms with Gasteiger partial charge in [-0.05, 0) is 18.6 Å². The van der Waals surface area contributed by atoms with Crippen LogP contribution < -0.4 is 10.6 Å². The molecule has 0 aromatic heterocycles. The lowest BCUT2D eigenvalue weighted by Crippen LogP contribution is -2.40. The van der Waals surface area contributed by atoms with Crippen molar-refractivity contribution in [1.82, 2.24) is 10.6 Å². The third-order valence-corrected chi connectivity index (χ3v) is 2.91. The summed E-state index contributed by atoms with van der Waals surface area (Å²) < 4.78 is 0. The number of amides is 3. The van der Waals surface area contributed by atoms with Crippen LogP contribution in [0, 0.1) is 0 Å². The minimum atomic E-state index is -0.425. The normalized spacial score (nSPS) is 9.71. The van der Waals surface area contributed by atoms with E-state index in [0.717, 1.165) is 11.3 Å². The van der Waals surface area contributed by atoms with E-state index in [0.29, 0.717) is 6.54 Å². The Morgan fingerprint density at radius 1 is 1.24 bits per heavy atom. The second kappa shape index (κ2) is 7.73. The van der Waals surface area contributed by atoms with Gasteiger partial charge in [-0.1, -0.05) is 25.1 Å². The first-order chi connectivity index (χ1) is 8.22. The van der Waals surface area contributed by atoms with Gasteiger partial charge in [-0.15, -0.1) is 11.8 Å². The third kappa shape index (κ3) is 5.97. The number of urea groups is 1. The summed E-state index contributed by atoms with van der Waals surface area (Å²) in [6, 6.07) is 9.17. The van der Waals surface area contributed by atoms with Gasteiger partial charge in [0, 0.05) is 11.4 Å². The Morgan fingerprint density at radius 2 is 1.94 bits per heavy atom. The SMILES string of the molecule is CCCNC(=O)NC(=O)CSc1ccccc1. The molecule has 0 saturated carbocycles. The quantitative estimate of drug-likeness (QED) is 0.788. The molecule has 0 saturated heterocycles. The van der Waals surface area contributed by atoms with Crippen molar-refractivity contribution in [1.29, 1.82) is 0 Å². The Balaban J connectivity index is 2.24. The topological polar surface area (TPSA) is 58.2 Å². The minimum absolute atomic E-state index is 0.240. The smallest absolute Gasteiger partial charge is 0.321 e. The predicted octanol–water partition coefficient (Wildman–Crippen LogP) is 2.01. The highest BCUT2D eigenvalue weighted by Gasteiger charge is 2.06. The van der Waals surface area contributed by atoms with Crippen molar-refractivity contribution < 1.29 is 9.59 Å². The van der Waals surface area contributed by atoms with Crippen LogP contribution in [0.2, 0.25) is 0 Å². The molecule has 0 heterocycles. The van der Waals surface area contributed by atoms with Gasteiger partial charge in [-0.3, -0.25) is 10.1 Å². The van der Waals surface area contributed by atoms with Crippen LogP contribution in [0.25, 0.3) is 0 Å². The van der Waals surface area contributed by atoms with Crippen LogP contribution in [-0.4, -0.2) is 24.2 Å². The van der Waals surface area contributed by atoms with E-state index in [4.69, 9.17) is 0 Å². The molecule has 0 aliphatic heterocycles. The fraction of sp³-hybridized carbons (Fsp3) is 0.333. The molecule has 0 aliphatic carbocycles. The van der Waals surface area contributed by atoms with E-state index in [1.54, 1.807) is 0 Å². The van der Waals surface area contributed by atoms with Crippen molar-refractivity contribution in [3.8, 4) is 0 Å². The van der Waals surface area contributed by atoms with Gasteiger partial charge in [-0.25, -0.2) is 4.79 Å². The van der Waals surface area contributed by atoms with Gasteiger partial charge in [0.1, 0.15) is 0 Å². The molecule has 17 heavy (non-hydrogen) atoms. The Labute approximate surface area is 105 Å². The van der Waals surface area contributed by atoms with E-state index >= 15 is 0 Å². The van der Waals surface area contributed by atoms with E-state index in [2.05, 4.69) is 10.6 Å². The van der Waals surface area contributed by atoms with E-state index < -0.39 is 6.03 Å². The Morgan fingerprint density at radius 3 is 2.59 bits per heavy atom. The van der Waals surface area contributed by atoms with Crippen molar-refractivity contribution in [3.63, 3.8) is 0 Å². The van der Waals surface area contributed by atoms with Crippen molar-refractivity contribution in [2.45, 2.75) is 18.2 Å². The monoisotopic (exact) mass is 252 g/mol. The number of benzene rings is 1. The van der Waals surface area contributed by atoms with E-state index in [1.807, 2.05) is 37.3 Å². The molecule has 1 aromatic rings. The molecule has 5 heteroatoms. The van der Waals surface area contributed by atoms with Crippen molar-refractivity contribution in [2.24, 2.45) is 0 Å². The maximum absolute atomic E-state index is 11.4. The summed E-state index contributed by atoms with van der Waals surface area (Å²) in [5.41, 5.74) is 0. The zero-order chi connectivity index (χ0) is 12.5. The number of carbonyl (C=O) groups is 2. The first kappa shape index (κ1) is 13.6. The molecule has 1 rings (SSSR count). The maximum Gasteiger partial charge on any atom is 0.321 e. The molecule has 0 bridgehead atoms. The summed E-state index contributed by atoms with van der Waals surface area (Å²) in [6.07, 6.45) is 0.848. The molecule has 0 radical (unpaired) electrons. The fourth-order valence-corrected chi connectivity index (χ4v) is 1.83. The number of nitrogens with one attached hydrogen (secondary N) is 2. The van der Waals surface area contributed by atoms with Gasteiger partial charge in [0.05, 0.1) is 5.75 Å². The standard InChI is InChI=1S/C12H16N2O2S/c1-2-8-13-12(16)14-11(15)9-17-10-6-4-3-5-7-10/h3-7H,2,8-9H2,1H3,(H2,13,14,15,16). The molecule has 0 spiro atoms. The molecular weight excluding hydrogens is 236 g/mol. The molecule has 92 valence electrons. The van der Waals surface area contributed by atoms with E-state index in [1.165, 1.54) is 11.8 Å². The molecule has 0 unspecified atom stereocenters. The lowest BCUT2D eigenvalue weighted by atomic mass is 10.4. The van der Waals surface area contributed by atoms with Crippen molar-refractivity contribution in [2.75, 3.05) is 12.3 Å². The van der Waals surface area contributed by atoms with Crippen LogP contribution in [0.4, 0.5) is 4.79 Å². The number of thioether (sulfide) groups is 1. The summed E-state index contributed by atoms with van der Waals surface area (Å²) >= 11 is 1.40. The Bertz CT molecular complexity index is 368. The fourth-order valence-electron chi connectivity index (χ4n) is 1.11. The van der Waals surface area contributed by atoms with Gasteiger partial charge in [0.25, 0.3) is 0 Å². The number of rotatable bonds is 5. The maximum atomic E-state index is 11.4. The summed E-state index contributed by atoms with van der Waals surface area (Å²) in [4.78, 5) is 23.6. The second-order valence-electron chi connectivity index (χ2n) is 3.41. The third-order valence-electron chi connectivity index (χ3n) is 1.90. The zero-order valence-corrected chi connectivity index (χ0v) is 10.5. The zero-order valence-electron chi connectivity index (χ0n) is 9.73. The number of imide groups is 1. The highest BCUT2D eigenvalue weighted by Crippen LogP contribution is 2.15. The van der Waals surface area contributed by atoms with Crippen LogP contribution in [0.15, 0.2) is 35.2 Å². The van der Waals surface area contributed by atoms with Crippen LogP contribution in [-0.2, 0) is 4.79 Å². The van der Waals surface area contributed by atoms with E-state index in [9.17, 15) is 9.59 Å². The molecule has 1 aromatic carbocycles. The molecule has 2 N–H and O–H groups in total. The number of hydrogen-bond donors (Lipinski definition) is 2. The van der Waals surface area contributed by atoms with Gasteiger partial charge in [0.15, 0.2) is 0 Å². The molecule has 0 atom stereocenters. The summed E-state index contributed by atoms with van der Waals surface area (Å²) in [5.74, 6) is -0.0451. The number of hydrogen-bond acceptors (Lipinski definition) is 3. The van der Waals surface area contributed by atoms with Crippen molar-refractivity contribution in [3.05, 3.63) is 30.3 Å². The first-order valence-corrected chi connectivity index (χ1v) is 6.46. The van der Waals surface area contributed by atoms with Gasteiger partial charge in [0.2, 0.25) is 5.91 Å². The molecule has 3 amide bonds. The average Bonchev–Trinajstić information content (AvgIpc) is 2.35. The summed E-state index contributed by atoms with van der Waals surface area (Å²) in [5, 5.41) is 4.86. The molecule has 0 aliphatic rings. The minimum Gasteiger partial charge on any atom is -0.338 e. The van der Waals surface area contributed by atoms with Crippen LogP contribution in [0.3, 0.4) is 0 Å². The van der Waals surface area contributed by atoms with Crippen LogP contribution in [0.1, 0.15) is 13.3 Å². The average molecular weight is 252 g/mol. The summed E-state index contributed by atoms with van der Waals surface area (Å²) in [7, 11) is 0. The molecular formula is C12H16N2O2S. The Hall–Kier alpha value is -1.49. The highest BCUT2D eigenvalue weighted by atomic mass is 32.2. The Kier molecular flexibility index (Phi) is 6.17. The largest absolute Gasteiger partial charge is 0.338 e. The van der Waals surface area contributed by atoms with E-state index in [-0.39, 0.29) is 11.7 Å². The lowest BCUT2D eigenvalue weighted by Gasteiger charge is -2.05. The summed E-state index contributed by atoms with van der Waals surface area (Å²) in [6.45, 7) is 2.53. The van der Waals surface area contributed by atoms with Crippen LogP contribution >= 0.6 is 11.8 Å². The number of carbonyl (C=O) groups excluding carboxylic acids is 2. The first-order valence-electron chi connectivity index (χ1n) is 5.48. The highest BCUT2D eigenvalue weighted by molar-refractivity contribution is 8.00. The predicted molar refractivity (Wildman–Crippen MR) is 69.0 cm³/mol. The van der Waals surface area contributed by atoms with Gasteiger partial charge >= 0.3 is 6.03 Å². The molecule has 4 nitrogen and oxygen atoms in total. The molecule has 0 fully saturated rings. The van der Waals surface area contributed by atoms with Gasteiger partial charge < -0.3 is 5.32 Å². The van der Waals surface area contributed by atoms with Crippen molar-refractivity contribution >= 4 is 23.7 Å². The second-order valence-corrected chi connectivity index (χ2v) is 4.45. The lowest BCUT2D eigenvalue weighted by molar-refractivity contribution is -0.117. The van der Waals surface area contributed by atoms with Gasteiger partial charge in [-0.2, -0.15) is 0 Å².